The third-order valence-electron chi connectivity index (χ3n) is 2.28. The lowest BCUT2D eigenvalue weighted by atomic mass is 10.0. The summed E-state index contributed by atoms with van der Waals surface area (Å²) in [6.07, 6.45) is 1.28. The quantitative estimate of drug-likeness (QED) is 0.805. The average molecular weight is 207 g/mol. The highest BCUT2D eigenvalue weighted by molar-refractivity contribution is 5.27. The third-order valence-corrected chi connectivity index (χ3v) is 2.28. The Bertz CT molecular complexity index is 279. The van der Waals surface area contributed by atoms with Gasteiger partial charge in [-0.25, -0.2) is 0 Å². The van der Waals surface area contributed by atoms with Gasteiger partial charge in [0.2, 0.25) is 0 Å². The minimum Gasteiger partial charge on any atom is -0.491 e. The fourth-order valence-corrected chi connectivity index (χ4v) is 1.46. The fourth-order valence-electron chi connectivity index (χ4n) is 1.46. The van der Waals surface area contributed by atoms with Crippen molar-refractivity contribution in [2.75, 3.05) is 6.54 Å². The molecule has 84 valence electrons. The van der Waals surface area contributed by atoms with Gasteiger partial charge in [-0.2, -0.15) is 0 Å². The Kier molecular flexibility index (Phi) is 4.63. The first-order valence-electron chi connectivity index (χ1n) is 5.57. The topological polar surface area (TPSA) is 35.2 Å². The van der Waals surface area contributed by atoms with Crippen molar-refractivity contribution in [3.63, 3.8) is 0 Å². The molecule has 0 aliphatic rings. The molecular weight excluding hydrogens is 186 g/mol. The molecule has 0 saturated heterocycles. The lowest BCUT2D eigenvalue weighted by molar-refractivity contribution is 0.242. The molecule has 1 aromatic rings. The van der Waals surface area contributed by atoms with Crippen LogP contribution in [-0.2, 0) is 6.42 Å². The normalized spacial score (nSPS) is 12.9. The van der Waals surface area contributed by atoms with Crippen molar-refractivity contribution < 1.29 is 4.74 Å². The molecule has 0 aliphatic heterocycles. The summed E-state index contributed by atoms with van der Waals surface area (Å²) in [5.41, 5.74) is 6.91. The predicted octanol–water partition coefficient (Wildman–Crippen LogP) is 2.61. The second-order valence-corrected chi connectivity index (χ2v) is 4.36. The highest BCUT2D eigenvalue weighted by Gasteiger charge is 2.02. The molecule has 1 aromatic carbocycles. The van der Waals surface area contributed by atoms with Crippen molar-refractivity contribution in [2.24, 2.45) is 11.7 Å². The Labute approximate surface area is 92.4 Å². The fraction of sp³-hybridized carbons (Fsp3) is 0.538. The van der Waals surface area contributed by atoms with Gasteiger partial charge in [0.15, 0.2) is 0 Å². The standard InChI is InChI=1S/C13H21NO/c1-10(2)15-13-6-4-12(5-7-13)8-11(3)9-14/h4-7,10-11H,8-9,14H2,1-3H3. The Morgan fingerprint density at radius 1 is 1.13 bits per heavy atom. The second kappa shape index (κ2) is 5.76. The molecule has 1 unspecified atom stereocenters. The highest BCUT2D eigenvalue weighted by Crippen LogP contribution is 2.15. The van der Waals surface area contributed by atoms with Crippen molar-refractivity contribution in [3.05, 3.63) is 29.8 Å². The van der Waals surface area contributed by atoms with E-state index in [4.69, 9.17) is 10.5 Å². The lowest BCUT2D eigenvalue weighted by Gasteiger charge is -2.11. The molecule has 0 amide bonds. The number of benzene rings is 1. The zero-order chi connectivity index (χ0) is 11.3. The number of nitrogens with two attached hydrogens (primary N) is 1. The number of hydrogen-bond donors (Lipinski definition) is 1. The number of rotatable bonds is 5. The summed E-state index contributed by atoms with van der Waals surface area (Å²) in [4.78, 5) is 0. The van der Waals surface area contributed by atoms with Crippen LogP contribution in [0.2, 0.25) is 0 Å². The first kappa shape index (κ1) is 12.1. The maximum Gasteiger partial charge on any atom is 0.119 e. The Hall–Kier alpha value is -1.02. The van der Waals surface area contributed by atoms with E-state index >= 15 is 0 Å². The molecule has 2 nitrogen and oxygen atoms in total. The number of hydrogen-bond acceptors (Lipinski definition) is 2. The van der Waals surface area contributed by atoms with Crippen LogP contribution in [0, 0.1) is 5.92 Å². The second-order valence-electron chi connectivity index (χ2n) is 4.36. The molecule has 15 heavy (non-hydrogen) atoms. The van der Waals surface area contributed by atoms with E-state index < -0.39 is 0 Å². The van der Waals surface area contributed by atoms with E-state index in [1.807, 2.05) is 26.0 Å². The van der Waals surface area contributed by atoms with E-state index in [1.54, 1.807) is 0 Å². The summed E-state index contributed by atoms with van der Waals surface area (Å²) in [6, 6.07) is 8.28. The zero-order valence-electron chi connectivity index (χ0n) is 9.86. The van der Waals surface area contributed by atoms with Crippen molar-refractivity contribution in [2.45, 2.75) is 33.3 Å². The van der Waals surface area contributed by atoms with Crippen LogP contribution in [0.1, 0.15) is 26.3 Å². The monoisotopic (exact) mass is 207 g/mol. The molecule has 0 saturated carbocycles. The molecule has 1 rings (SSSR count). The third kappa shape index (κ3) is 4.34. The largest absolute Gasteiger partial charge is 0.491 e. The van der Waals surface area contributed by atoms with Crippen LogP contribution in [0.4, 0.5) is 0 Å². The van der Waals surface area contributed by atoms with Gasteiger partial charge in [0.1, 0.15) is 5.75 Å². The molecule has 0 aromatic heterocycles. The molecular formula is C13H21NO. The van der Waals surface area contributed by atoms with E-state index in [0.717, 1.165) is 18.7 Å². The van der Waals surface area contributed by atoms with Crippen LogP contribution in [0.25, 0.3) is 0 Å². The molecule has 2 N–H and O–H groups in total. The van der Waals surface area contributed by atoms with Gasteiger partial charge in [-0.05, 0) is 50.4 Å². The van der Waals surface area contributed by atoms with Gasteiger partial charge in [-0.1, -0.05) is 19.1 Å². The SMILES string of the molecule is CC(CN)Cc1ccc(OC(C)C)cc1. The molecule has 0 heterocycles. The van der Waals surface area contributed by atoms with E-state index in [9.17, 15) is 0 Å². The predicted molar refractivity (Wildman–Crippen MR) is 64.1 cm³/mol. The first-order valence-corrected chi connectivity index (χ1v) is 5.57. The Morgan fingerprint density at radius 3 is 2.20 bits per heavy atom. The summed E-state index contributed by atoms with van der Waals surface area (Å²) >= 11 is 0. The summed E-state index contributed by atoms with van der Waals surface area (Å²) in [5.74, 6) is 1.48. The highest BCUT2D eigenvalue weighted by atomic mass is 16.5. The van der Waals surface area contributed by atoms with Gasteiger partial charge in [-0.3, -0.25) is 0 Å². The van der Waals surface area contributed by atoms with Crippen LogP contribution in [0.3, 0.4) is 0 Å². The summed E-state index contributed by atoms with van der Waals surface area (Å²) in [7, 11) is 0. The van der Waals surface area contributed by atoms with Crippen molar-refractivity contribution in [1.82, 2.24) is 0 Å². The molecule has 0 aliphatic carbocycles. The smallest absolute Gasteiger partial charge is 0.119 e. The van der Waals surface area contributed by atoms with Crippen molar-refractivity contribution >= 4 is 0 Å². The van der Waals surface area contributed by atoms with Gasteiger partial charge in [-0.15, -0.1) is 0 Å². The molecule has 0 radical (unpaired) electrons. The van der Waals surface area contributed by atoms with E-state index in [1.165, 1.54) is 5.56 Å². The first-order chi connectivity index (χ1) is 7.11. The van der Waals surface area contributed by atoms with Crippen molar-refractivity contribution in [3.8, 4) is 5.75 Å². The van der Waals surface area contributed by atoms with Gasteiger partial charge < -0.3 is 10.5 Å². The minimum atomic E-state index is 0.235. The van der Waals surface area contributed by atoms with Gasteiger partial charge in [0, 0.05) is 0 Å². The van der Waals surface area contributed by atoms with Gasteiger partial charge in [0.25, 0.3) is 0 Å². The van der Waals surface area contributed by atoms with Crippen LogP contribution in [0.15, 0.2) is 24.3 Å². The van der Waals surface area contributed by atoms with Crippen LogP contribution >= 0.6 is 0 Å². The molecule has 2 heteroatoms. The average Bonchev–Trinajstić information content (AvgIpc) is 2.20. The Balaban J connectivity index is 2.56. The Morgan fingerprint density at radius 2 is 1.73 bits per heavy atom. The van der Waals surface area contributed by atoms with Crippen LogP contribution in [-0.4, -0.2) is 12.6 Å². The molecule has 0 bridgehead atoms. The summed E-state index contributed by atoms with van der Waals surface area (Å²) in [5, 5.41) is 0. The molecule has 0 fully saturated rings. The maximum atomic E-state index is 5.59. The number of ether oxygens (including phenoxy) is 1. The van der Waals surface area contributed by atoms with Crippen molar-refractivity contribution in [1.29, 1.82) is 0 Å². The minimum absolute atomic E-state index is 0.235. The van der Waals surface area contributed by atoms with Crippen LogP contribution < -0.4 is 10.5 Å². The van der Waals surface area contributed by atoms with E-state index in [2.05, 4.69) is 19.1 Å². The van der Waals surface area contributed by atoms with Gasteiger partial charge >= 0.3 is 0 Å². The molecule has 1 atom stereocenters. The zero-order valence-corrected chi connectivity index (χ0v) is 9.86. The molecule has 0 spiro atoms. The lowest BCUT2D eigenvalue weighted by Crippen LogP contribution is -2.13. The summed E-state index contributed by atoms with van der Waals surface area (Å²) in [6.45, 7) is 6.97. The van der Waals surface area contributed by atoms with Crippen LogP contribution in [0.5, 0.6) is 5.75 Å². The van der Waals surface area contributed by atoms with Gasteiger partial charge in [0.05, 0.1) is 6.10 Å². The van der Waals surface area contributed by atoms with E-state index in [0.29, 0.717) is 5.92 Å². The maximum absolute atomic E-state index is 5.59. The van der Waals surface area contributed by atoms with E-state index in [-0.39, 0.29) is 6.10 Å². The summed E-state index contributed by atoms with van der Waals surface area (Å²) < 4.78 is 5.58.